The Labute approximate surface area is 210 Å². The second-order valence-electron chi connectivity index (χ2n) is 8.68. The van der Waals surface area contributed by atoms with Gasteiger partial charge in [-0.15, -0.1) is 6.42 Å². The van der Waals surface area contributed by atoms with Crippen molar-refractivity contribution in [1.82, 2.24) is 0 Å². The third-order valence-corrected chi connectivity index (χ3v) is 7.18. The zero-order valence-electron chi connectivity index (χ0n) is 20.4. The summed E-state index contributed by atoms with van der Waals surface area (Å²) in [6.07, 6.45) is 5.57. The number of aryl methyl sites for hydroxylation is 3. The molecule has 2 N–H and O–H groups in total. The Kier molecular flexibility index (Phi) is 8.31. The van der Waals surface area contributed by atoms with E-state index in [0.717, 1.165) is 43.7 Å². The molecule has 0 amide bonds. The summed E-state index contributed by atoms with van der Waals surface area (Å²) in [5.74, 6) is 0.811. The molecule has 0 bridgehead atoms. The molecule has 0 unspecified atom stereocenters. The number of rotatable bonds is 10. The van der Waals surface area contributed by atoms with Gasteiger partial charge in [0.05, 0.1) is 18.7 Å². The van der Waals surface area contributed by atoms with Crippen LogP contribution in [-0.2, 0) is 9.59 Å². The molecule has 0 fully saturated rings. The van der Waals surface area contributed by atoms with Crippen LogP contribution in [-0.4, -0.2) is 41.3 Å². The molecule has 0 radical (unpaired) electrons. The van der Waals surface area contributed by atoms with Crippen LogP contribution in [0.15, 0.2) is 53.4 Å². The van der Waals surface area contributed by atoms with E-state index in [0.29, 0.717) is 0 Å². The number of terminal acetylenes is 1. The van der Waals surface area contributed by atoms with E-state index in [1.54, 1.807) is 4.31 Å². The number of nitrogens with zero attached hydrogens (tertiary/aromatic N) is 2. The fraction of sp³-hybridized carbons (Fsp3) is 0.286. The first kappa shape index (κ1) is 26.0. The summed E-state index contributed by atoms with van der Waals surface area (Å²) in [6.45, 7) is 8.01. The quantitative estimate of drug-likeness (QED) is 0.280. The van der Waals surface area contributed by atoms with Gasteiger partial charge in [-0.1, -0.05) is 47.9 Å². The lowest BCUT2D eigenvalue weighted by Crippen LogP contribution is -2.35. The number of hydrogen-bond donors (Lipinski definition) is 2. The van der Waals surface area contributed by atoms with Crippen molar-refractivity contribution >= 4 is 46.0 Å². The molecule has 3 aromatic carbocycles. The van der Waals surface area contributed by atoms with Crippen LogP contribution in [0, 0.1) is 33.1 Å². The molecule has 7 heteroatoms. The fourth-order valence-electron chi connectivity index (χ4n) is 4.39. The maximum absolute atomic E-state index is 11.8. The molecule has 0 aromatic heterocycles. The smallest absolute Gasteiger partial charge is 0.324 e. The minimum atomic E-state index is -0.933. The standard InChI is InChI=1S/C28H30N2O4S/c1-6-13-29(21(5)16-26(31)32)24-11-12-25(23-10-8-7-9-22(23)24)30(17-27(33)34)35-28-19(3)14-18(2)15-20(28)4/h1,7-12,14-15,21H,13,16-17H2,2-5H3,(H,31,32)(H,33,34)/t21-/m0/s1. The van der Waals surface area contributed by atoms with E-state index >= 15 is 0 Å². The predicted octanol–water partition coefficient (Wildman–Crippen LogP) is 5.67. The first-order valence-electron chi connectivity index (χ1n) is 11.3. The van der Waals surface area contributed by atoms with E-state index in [4.69, 9.17) is 6.42 Å². The topological polar surface area (TPSA) is 81.1 Å². The summed E-state index contributed by atoms with van der Waals surface area (Å²) in [4.78, 5) is 26.1. The highest BCUT2D eigenvalue weighted by molar-refractivity contribution is 8.00. The minimum Gasteiger partial charge on any atom is -0.481 e. The maximum Gasteiger partial charge on any atom is 0.324 e. The molecule has 0 saturated heterocycles. The van der Waals surface area contributed by atoms with Gasteiger partial charge in [-0.05, 0) is 62.9 Å². The van der Waals surface area contributed by atoms with Crippen molar-refractivity contribution in [3.05, 3.63) is 65.2 Å². The number of anilines is 2. The lowest BCUT2D eigenvalue weighted by molar-refractivity contribution is -0.137. The number of carboxylic acid groups (broad SMARTS) is 2. The van der Waals surface area contributed by atoms with Gasteiger partial charge >= 0.3 is 11.9 Å². The number of hydrogen-bond acceptors (Lipinski definition) is 5. The molecule has 0 spiro atoms. The van der Waals surface area contributed by atoms with Crippen LogP contribution >= 0.6 is 11.9 Å². The zero-order valence-corrected chi connectivity index (χ0v) is 21.2. The molecule has 0 heterocycles. The normalized spacial score (nSPS) is 11.6. The van der Waals surface area contributed by atoms with Gasteiger partial charge in [0.25, 0.3) is 0 Å². The van der Waals surface area contributed by atoms with E-state index in [-0.39, 0.29) is 25.6 Å². The molecule has 3 rings (SSSR count). The van der Waals surface area contributed by atoms with E-state index in [1.807, 2.05) is 69.0 Å². The average Bonchev–Trinajstić information content (AvgIpc) is 2.77. The summed E-state index contributed by atoms with van der Waals surface area (Å²) in [5.41, 5.74) is 4.92. The van der Waals surface area contributed by atoms with Crippen molar-refractivity contribution < 1.29 is 19.8 Å². The van der Waals surface area contributed by atoms with Gasteiger partial charge < -0.3 is 19.4 Å². The monoisotopic (exact) mass is 490 g/mol. The fourth-order valence-corrected chi connectivity index (χ4v) is 5.44. The van der Waals surface area contributed by atoms with Crippen LogP contribution in [0.4, 0.5) is 11.4 Å². The summed E-state index contributed by atoms with van der Waals surface area (Å²) >= 11 is 1.41. The van der Waals surface area contributed by atoms with Gasteiger partial charge in [0.2, 0.25) is 0 Å². The lowest BCUT2D eigenvalue weighted by atomic mass is 10.0. The van der Waals surface area contributed by atoms with Crippen molar-refractivity contribution in [2.45, 2.75) is 45.1 Å². The molecular formula is C28H30N2O4S. The molecule has 0 aliphatic heterocycles. The second-order valence-corrected chi connectivity index (χ2v) is 9.71. The number of carbonyl (C=O) groups is 2. The molecule has 0 aliphatic carbocycles. The lowest BCUT2D eigenvalue weighted by Gasteiger charge is -2.31. The number of benzene rings is 3. The number of carboxylic acids is 2. The number of aliphatic carboxylic acids is 2. The van der Waals surface area contributed by atoms with Crippen LogP contribution in [0.2, 0.25) is 0 Å². The summed E-state index contributed by atoms with van der Waals surface area (Å²) in [7, 11) is 0. The van der Waals surface area contributed by atoms with E-state index in [2.05, 4.69) is 18.1 Å². The zero-order chi connectivity index (χ0) is 25.7. The Morgan fingerprint density at radius 3 is 2.09 bits per heavy atom. The third-order valence-electron chi connectivity index (χ3n) is 5.80. The van der Waals surface area contributed by atoms with Gasteiger partial charge in [0, 0.05) is 27.4 Å². The molecule has 0 aliphatic rings. The van der Waals surface area contributed by atoms with Crippen molar-refractivity contribution in [2.24, 2.45) is 0 Å². The van der Waals surface area contributed by atoms with E-state index in [9.17, 15) is 19.8 Å². The Bertz CT molecular complexity index is 1270. The molecule has 6 nitrogen and oxygen atoms in total. The SMILES string of the molecule is C#CCN(c1ccc(N(CC(=O)O)Sc2c(C)cc(C)cc2C)c2ccccc12)[C@@H](C)CC(=O)O. The molecule has 0 saturated carbocycles. The first-order chi connectivity index (χ1) is 16.6. The summed E-state index contributed by atoms with van der Waals surface area (Å²) in [6, 6.07) is 15.4. The molecule has 182 valence electrons. The average molecular weight is 491 g/mol. The van der Waals surface area contributed by atoms with Gasteiger partial charge in [-0.3, -0.25) is 9.59 Å². The van der Waals surface area contributed by atoms with Crippen molar-refractivity contribution in [3.63, 3.8) is 0 Å². The summed E-state index contributed by atoms with van der Waals surface area (Å²) < 4.78 is 1.80. The molecule has 35 heavy (non-hydrogen) atoms. The van der Waals surface area contributed by atoms with Gasteiger partial charge in [-0.25, -0.2) is 0 Å². The van der Waals surface area contributed by atoms with Gasteiger partial charge in [0.15, 0.2) is 0 Å². The van der Waals surface area contributed by atoms with E-state index < -0.39 is 11.9 Å². The highest BCUT2D eigenvalue weighted by Gasteiger charge is 2.22. The Morgan fingerprint density at radius 2 is 1.54 bits per heavy atom. The van der Waals surface area contributed by atoms with Crippen LogP contribution in [0.1, 0.15) is 30.0 Å². The van der Waals surface area contributed by atoms with Crippen LogP contribution in [0.5, 0.6) is 0 Å². The van der Waals surface area contributed by atoms with Crippen molar-refractivity contribution in [2.75, 3.05) is 22.3 Å². The minimum absolute atomic E-state index is 0.0509. The summed E-state index contributed by atoms with van der Waals surface area (Å²) in [5, 5.41) is 20.8. The van der Waals surface area contributed by atoms with Crippen LogP contribution < -0.4 is 9.21 Å². The number of fused-ring (bicyclic) bond motifs is 1. The molecule has 3 aromatic rings. The molecular weight excluding hydrogens is 460 g/mol. The highest BCUT2D eigenvalue weighted by atomic mass is 32.2. The first-order valence-corrected chi connectivity index (χ1v) is 12.1. The van der Waals surface area contributed by atoms with Crippen LogP contribution in [0.25, 0.3) is 10.8 Å². The largest absolute Gasteiger partial charge is 0.481 e. The van der Waals surface area contributed by atoms with Gasteiger partial charge in [-0.2, -0.15) is 0 Å². The van der Waals surface area contributed by atoms with Gasteiger partial charge in [0.1, 0.15) is 6.54 Å². The van der Waals surface area contributed by atoms with Crippen molar-refractivity contribution in [1.29, 1.82) is 0 Å². The predicted molar refractivity (Wildman–Crippen MR) is 143 cm³/mol. The van der Waals surface area contributed by atoms with Crippen molar-refractivity contribution in [3.8, 4) is 12.3 Å². The Balaban J connectivity index is 2.14. The van der Waals surface area contributed by atoms with Crippen LogP contribution in [0.3, 0.4) is 0 Å². The molecule has 1 atom stereocenters. The Hall–Kier alpha value is -3.63. The Morgan fingerprint density at radius 1 is 0.971 bits per heavy atom. The third kappa shape index (κ3) is 6.09. The maximum atomic E-state index is 11.8. The second kappa shape index (κ2) is 11.2. The highest BCUT2D eigenvalue weighted by Crippen LogP contribution is 2.40. The van der Waals surface area contributed by atoms with E-state index in [1.165, 1.54) is 11.9 Å².